The van der Waals surface area contributed by atoms with Crippen molar-refractivity contribution in [1.82, 2.24) is 9.80 Å². The van der Waals surface area contributed by atoms with Crippen LogP contribution in [0.15, 0.2) is 54.1 Å². The fraction of sp³-hybridized carbons (Fsp3) is 0.364. The highest BCUT2D eigenvalue weighted by Crippen LogP contribution is 2.32. The van der Waals surface area contributed by atoms with Crippen LogP contribution in [0.5, 0.6) is 11.5 Å². The fourth-order valence-corrected chi connectivity index (χ4v) is 3.64. The third kappa shape index (κ3) is 4.26. The van der Waals surface area contributed by atoms with Crippen molar-refractivity contribution in [3.63, 3.8) is 0 Å². The second-order valence-corrected chi connectivity index (χ2v) is 7.14. The SMILES string of the molecule is C/C(=C\c1ccccc1)CN1CCN(Cc2ccc3c(c2)OCO3)CC1. The molecule has 2 aromatic rings. The van der Waals surface area contributed by atoms with Crippen LogP contribution in [0.4, 0.5) is 0 Å². The largest absolute Gasteiger partial charge is 0.454 e. The van der Waals surface area contributed by atoms with Gasteiger partial charge in [-0.2, -0.15) is 0 Å². The molecule has 0 spiro atoms. The maximum Gasteiger partial charge on any atom is 0.231 e. The van der Waals surface area contributed by atoms with Gasteiger partial charge in [0, 0.05) is 39.3 Å². The van der Waals surface area contributed by atoms with Gasteiger partial charge >= 0.3 is 0 Å². The molecule has 4 rings (SSSR count). The normalized spacial score (nSPS) is 18.3. The van der Waals surface area contributed by atoms with Crippen molar-refractivity contribution < 1.29 is 9.47 Å². The van der Waals surface area contributed by atoms with Crippen LogP contribution in [-0.4, -0.2) is 49.3 Å². The average molecular weight is 350 g/mol. The minimum Gasteiger partial charge on any atom is -0.454 e. The molecule has 26 heavy (non-hydrogen) atoms. The molecule has 0 unspecified atom stereocenters. The second-order valence-electron chi connectivity index (χ2n) is 7.14. The molecular formula is C22H26N2O2. The summed E-state index contributed by atoms with van der Waals surface area (Å²) in [6, 6.07) is 16.8. The van der Waals surface area contributed by atoms with Crippen molar-refractivity contribution in [1.29, 1.82) is 0 Å². The number of nitrogens with zero attached hydrogens (tertiary/aromatic N) is 2. The molecule has 0 saturated carbocycles. The van der Waals surface area contributed by atoms with Gasteiger partial charge in [0.05, 0.1) is 0 Å². The van der Waals surface area contributed by atoms with Gasteiger partial charge in [-0.05, 0) is 30.2 Å². The van der Waals surface area contributed by atoms with E-state index in [0.717, 1.165) is 50.8 Å². The third-order valence-corrected chi connectivity index (χ3v) is 4.99. The molecule has 0 N–H and O–H groups in total. The zero-order valence-corrected chi connectivity index (χ0v) is 15.4. The first-order valence-electron chi connectivity index (χ1n) is 9.32. The zero-order valence-electron chi connectivity index (χ0n) is 15.4. The van der Waals surface area contributed by atoms with Crippen LogP contribution in [0.1, 0.15) is 18.1 Å². The molecule has 2 aliphatic heterocycles. The van der Waals surface area contributed by atoms with Crippen molar-refractivity contribution in [3.05, 3.63) is 65.2 Å². The Morgan fingerprint density at radius 1 is 0.923 bits per heavy atom. The molecule has 4 heteroatoms. The molecule has 2 aliphatic rings. The molecule has 0 aliphatic carbocycles. The molecule has 2 heterocycles. The lowest BCUT2D eigenvalue weighted by Crippen LogP contribution is -2.46. The van der Waals surface area contributed by atoms with Gasteiger partial charge in [-0.25, -0.2) is 0 Å². The van der Waals surface area contributed by atoms with Crippen molar-refractivity contribution in [2.24, 2.45) is 0 Å². The van der Waals surface area contributed by atoms with Gasteiger partial charge in [-0.1, -0.05) is 48.0 Å². The summed E-state index contributed by atoms with van der Waals surface area (Å²) in [4.78, 5) is 5.06. The predicted molar refractivity (Wildman–Crippen MR) is 104 cm³/mol. The highest BCUT2D eigenvalue weighted by molar-refractivity contribution is 5.52. The van der Waals surface area contributed by atoms with Crippen molar-refractivity contribution in [2.75, 3.05) is 39.5 Å². The summed E-state index contributed by atoms with van der Waals surface area (Å²) < 4.78 is 10.9. The Labute approximate surface area is 155 Å². The molecule has 1 fully saturated rings. The van der Waals surface area contributed by atoms with Crippen LogP contribution >= 0.6 is 0 Å². The summed E-state index contributed by atoms with van der Waals surface area (Å²) >= 11 is 0. The maximum atomic E-state index is 5.48. The molecule has 0 radical (unpaired) electrons. The third-order valence-electron chi connectivity index (χ3n) is 4.99. The van der Waals surface area contributed by atoms with Gasteiger partial charge in [-0.15, -0.1) is 0 Å². The summed E-state index contributed by atoms with van der Waals surface area (Å²) in [5, 5.41) is 0. The van der Waals surface area contributed by atoms with Crippen molar-refractivity contribution in [3.8, 4) is 11.5 Å². The number of rotatable bonds is 5. The first-order valence-corrected chi connectivity index (χ1v) is 9.32. The van der Waals surface area contributed by atoms with Gasteiger partial charge in [-0.3, -0.25) is 9.80 Å². The van der Waals surface area contributed by atoms with E-state index >= 15 is 0 Å². The van der Waals surface area contributed by atoms with Crippen LogP contribution in [0.3, 0.4) is 0 Å². The van der Waals surface area contributed by atoms with Gasteiger partial charge in [0.1, 0.15) is 0 Å². The molecule has 2 aromatic carbocycles. The highest BCUT2D eigenvalue weighted by Gasteiger charge is 2.19. The molecule has 0 amide bonds. The van der Waals surface area contributed by atoms with Gasteiger partial charge in [0.15, 0.2) is 11.5 Å². The van der Waals surface area contributed by atoms with Crippen LogP contribution in [0.25, 0.3) is 6.08 Å². The van der Waals surface area contributed by atoms with E-state index in [1.807, 2.05) is 6.07 Å². The van der Waals surface area contributed by atoms with Gasteiger partial charge < -0.3 is 9.47 Å². The predicted octanol–water partition coefficient (Wildman–Crippen LogP) is 3.64. The minimum absolute atomic E-state index is 0.341. The van der Waals surface area contributed by atoms with Crippen LogP contribution in [-0.2, 0) is 6.54 Å². The van der Waals surface area contributed by atoms with E-state index < -0.39 is 0 Å². The van der Waals surface area contributed by atoms with Gasteiger partial charge in [0.2, 0.25) is 6.79 Å². The lowest BCUT2D eigenvalue weighted by Gasteiger charge is -2.35. The van der Waals surface area contributed by atoms with Crippen molar-refractivity contribution in [2.45, 2.75) is 13.5 Å². The highest BCUT2D eigenvalue weighted by atomic mass is 16.7. The number of hydrogen-bond acceptors (Lipinski definition) is 4. The van der Waals surface area contributed by atoms with Crippen LogP contribution in [0, 0.1) is 0 Å². The van der Waals surface area contributed by atoms with Crippen LogP contribution in [0.2, 0.25) is 0 Å². The van der Waals surface area contributed by atoms with Crippen molar-refractivity contribution >= 4 is 6.08 Å². The molecule has 0 bridgehead atoms. The first-order chi connectivity index (χ1) is 12.8. The Bertz CT molecular complexity index is 765. The fourth-order valence-electron chi connectivity index (χ4n) is 3.64. The summed E-state index contributed by atoms with van der Waals surface area (Å²) in [6.07, 6.45) is 2.29. The molecule has 4 nitrogen and oxygen atoms in total. The molecule has 1 saturated heterocycles. The van der Waals surface area contributed by atoms with E-state index in [2.05, 4.69) is 65.3 Å². The monoisotopic (exact) mass is 350 g/mol. The standard InChI is InChI=1S/C22H26N2O2/c1-18(13-19-5-3-2-4-6-19)15-23-9-11-24(12-10-23)16-20-7-8-21-22(14-20)26-17-25-21/h2-8,13-14H,9-12,15-17H2,1H3/b18-13+. The Morgan fingerprint density at radius 3 is 2.46 bits per heavy atom. The van der Waals surface area contributed by atoms with E-state index in [1.54, 1.807) is 0 Å². The summed E-state index contributed by atoms with van der Waals surface area (Å²) in [5.74, 6) is 1.74. The Kier molecular flexibility index (Phi) is 5.23. The zero-order chi connectivity index (χ0) is 17.8. The smallest absolute Gasteiger partial charge is 0.231 e. The molecule has 136 valence electrons. The quantitative estimate of drug-likeness (QED) is 0.822. The summed E-state index contributed by atoms with van der Waals surface area (Å²) in [7, 11) is 0. The van der Waals surface area contributed by atoms with Gasteiger partial charge in [0.25, 0.3) is 0 Å². The maximum absolute atomic E-state index is 5.48. The summed E-state index contributed by atoms with van der Waals surface area (Å²) in [5.41, 5.74) is 4.00. The first kappa shape index (κ1) is 17.1. The van der Waals surface area contributed by atoms with E-state index in [0.29, 0.717) is 6.79 Å². The number of fused-ring (bicyclic) bond motifs is 1. The van der Waals surface area contributed by atoms with E-state index in [-0.39, 0.29) is 0 Å². The number of hydrogen-bond donors (Lipinski definition) is 0. The lowest BCUT2D eigenvalue weighted by molar-refractivity contribution is 0.135. The number of benzene rings is 2. The van der Waals surface area contributed by atoms with E-state index in [1.165, 1.54) is 16.7 Å². The minimum atomic E-state index is 0.341. The molecule has 0 aromatic heterocycles. The summed E-state index contributed by atoms with van der Waals surface area (Å²) in [6.45, 7) is 9.03. The lowest BCUT2D eigenvalue weighted by atomic mass is 10.1. The van der Waals surface area contributed by atoms with E-state index in [4.69, 9.17) is 9.47 Å². The average Bonchev–Trinajstić information content (AvgIpc) is 3.12. The Hall–Kier alpha value is -2.30. The Morgan fingerprint density at radius 2 is 1.65 bits per heavy atom. The molecular weight excluding hydrogens is 324 g/mol. The second kappa shape index (κ2) is 7.94. The molecule has 0 atom stereocenters. The number of ether oxygens (including phenoxy) is 2. The topological polar surface area (TPSA) is 24.9 Å². The van der Waals surface area contributed by atoms with E-state index in [9.17, 15) is 0 Å². The Balaban J connectivity index is 1.27. The van der Waals surface area contributed by atoms with Crippen LogP contribution < -0.4 is 9.47 Å². The number of piperazine rings is 1.